The van der Waals surface area contributed by atoms with Gasteiger partial charge in [-0.25, -0.2) is 0 Å². The molecule has 100 valence electrons. The lowest BCUT2D eigenvalue weighted by Crippen LogP contribution is -2.61. The number of nitrogens with one attached hydrogen (secondary N) is 1. The maximum atomic E-state index is 5.46. The maximum Gasteiger partial charge on any atom is 0.0495 e. The van der Waals surface area contributed by atoms with Crippen LogP contribution >= 0.6 is 0 Å². The highest BCUT2D eigenvalue weighted by Crippen LogP contribution is 2.21. The van der Waals surface area contributed by atoms with Gasteiger partial charge in [0, 0.05) is 37.9 Å². The zero-order valence-corrected chi connectivity index (χ0v) is 11.7. The van der Waals surface area contributed by atoms with E-state index in [4.69, 9.17) is 4.74 Å². The van der Waals surface area contributed by atoms with Crippen LogP contribution in [0, 0.1) is 5.92 Å². The van der Waals surface area contributed by atoms with Gasteiger partial charge in [-0.1, -0.05) is 6.92 Å². The third kappa shape index (κ3) is 3.67. The Labute approximate surface area is 106 Å². The Hall–Kier alpha value is -0.120. The van der Waals surface area contributed by atoms with Crippen molar-refractivity contribution in [2.45, 2.75) is 51.6 Å². The minimum Gasteiger partial charge on any atom is -0.381 e. The van der Waals surface area contributed by atoms with Gasteiger partial charge in [0.1, 0.15) is 0 Å². The Balaban J connectivity index is 1.82. The number of piperazine rings is 1. The molecule has 0 bridgehead atoms. The number of hydrogen-bond acceptors (Lipinski definition) is 3. The zero-order chi connectivity index (χ0) is 12.3. The van der Waals surface area contributed by atoms with Gasteiger partial charge in [-0.15, -0.1) is 0 Å². The van der Waals surface area contributed by atoms with E-state index in [2.05, 4.69) is 31.0 Å². The average molecular weight is 240 g/mol. The van der Waals surface area contributed by atoms with Crippen LogP contribution in [-0.2, 0) is 4.74 Å². The van der Waals surface area contributed by atoms with Crippen molar-refractivity contribution in [2.75, 3.05) is 32.8 Å². The van der Waals surface area contributed by atoms with Crippen LogP contribution in [0.25, 0.3) is 0 Å². The Morgan fingerprint density at radius 3 is 2.88 bits per heavy atom. The molecule has 0 radical (unpaired) electrons. The number of ether oxygens (including phenoxy) is 1. The lowest BCUT2D eigenvalue weighted by molar-refractivity contribution is 0.0851. The van der Waals surface area contributed by atoms with Crippen molar-refractivity contribution >= 4 is 0 Å². The van der Waals surface area contributed by atoms with Crippen molar-refractivity contribution in [3.63, 3.8) is 0 Å². The molecule has 2 aliphatic rings. The van der Waals surface area contributed by atoms with Gasteiger partial charge in [0.2, 0.25) is 0 Å². The normalized spacial score (nSPS) is 34.1. The van der Waals surface area contributed by atoms with E-state index >= 15 is 0 Å². The molecule has 2 aliphatic heterocycles. The molecule has 3 nitrogen and oxygen atoms in total. The molecular weight excluding hydrogens is 212 g/mol. The monoisotopic (exact) mass is 240 g/mol. The summed E-state index contributed by atoms with van der Waals surface area (Å²) in [5.41, 5.74) is 0.276. The van der Waals surface area contributed by atoms with Gasteiger partial charge < -0.3 is 10.1 Å². The molecule has 0 aromatic rings. The van der Waals surface area contributed by atoms with Crippen LogP contribution in [0.3, 0.4) is 0 Å². The fraction of sp³-hybridized carbons (Fsp3) is 1.00. The Kier molecular flexibility index (Phi) is 4.45. The van der Waals surface area contributed by atoms with Crippen molar-refractivity contribution in [3.8, 4) is 0 Å². The highest BCUT2D eigenvalue weighted by atomic mass is 16.5. The Bertz CT molecular complexity index is 236. The molecule has 0 amide bonds. The van der Waals surface area contributed by atoms with Crippen molar-refractivity contribution in [1.82, 2.24) is 10.2 Å². The van der Waals surface area contributed by atoms with Gasteiger partial charge in [-0.2, -0.15) is 0 Å². The molecule has 1 N–H and O–H groups in total. The summed E-state index contributed by atoms with van der Waals surface area (Å²) in [6, 6.07) is 0.727. The van der Waals surface area contributed by atoms with E-state index in [1.54, 1.807) is 0 Å². The molecule has 0 aliphatic carbocycles. The summed E-state index contributed by atoms with van der Waals surface area (Å²) in [6.45, 7) is 12.5. The second-order valence-corrected chi connectivity index (χ2v) is 6.32. The minimum absolute atomic E-state index is 0.276. The second kappa shape index (κ2) is 5.68. The van der Waals surface area contributed by atoms with Crippen molar-refractivity contribution < 1.29 is 4.74 Å². The van der Waals surface area contributed by atoms with E-state index in [-0.39, 0.29) is 5.54 Å². The molecule has 2 atom stereocenters. The smallest absolute Gasteiger partial charge is 0.0495 e. The molecule has 0 saturated carbocycles. The van der Waals surface area contributed by atoms with Gasteiger partial charge in [0.25, 0.3) is 0 Å². The molecule has 2 saturated heterocycles. The first-order chi connectivity index (χ1) is 8.11. The first-order valence-electron chi connectivity index (χ1n) is 7.17. The molecule has 3 heteroatoms. The fourth-order valence-corrected chi connectivity index (χ4v) is 3.04. The van der Waals surface area contributed by atoms with Crippen LogP contribution in [0.1, 0.15) is 40.0 Å². The van der Waals surface area contributed by atoms with E-state index < -0.39 is 0 Å². The van der Waals surface area contributed by atoms with Crippen LogP contribution < -0.4 is 5.32 Å². The fourth-order valence-electron chi connectivity index (χ4n) is 3.04. The van der Waals surface area contributed by atoms with E-state index in [1.807, 2.05) is 0 Å². The molecule has 2 rings (SSSR count). The van der Waals surface area contributed by atoms with E-state index in [0.717, 1.165) is 31.7 Å². The van der Waals surface area contributed by atoms with E-state index in [9.17, 15) is 0 Å². The molecular formula is C14H28N2O. The minimum atomic E-state index is 0.276. The topological polar surface area (TPSA) is 24.5 Å². The van der Waals surface area contributed by atoms with Gasteiger partial charge in [-0.05, 0) is 45.6 Å². The van der Waals surface area contributed by atoms with Crippen molar-refractivity contribution in [2.24, 2.45) is 5.92 Å². The summed E-state index contributed by atoms with van der Waals surface area (Å²) in [6.07, 6.45) is 3.84. The van der Waals surface area contributed by atoms with Crippen molar-refractivity contribution in [1.29, 1.82) is 0 Å². The number of rotatable bonds is 4. The van der Waals surface area contributed by atoms with Gasteiger partial charge >= 0.3 is 0 Å². The lowest BCUT2D eigenvalue weighted by Gasteiger charge is -2.44. The highest BCUT2D eigenvalue weighted by Gasteiger charge is 2.31. The Morgan fingerprint density at radius 2 is 2.24 bits per heavy atom. The number of nitrogens with zero attached hydrogens (tertiary/aromatic N) is 1. The summed E-state index contributed by atoms with van der Waals surface area (Å²) < 4.78 is 5.46. The lowest BCUT2D eigenvalue weighted by atomic mass is 9.96. The third-order valence-electron chi connectivity index (χ3n) is 4.25. The first-order valence-corrected chi connectivity index (χ1v) is 7.17. The zero-order valence-electron chi connectivity index (χ0n) is 11.7. The summed E-state index contributed by atoms with van der Waals surface area (Å²) in [5.74, 6) is 0.811. The first kappa shape index (κ1) is 13.3. The van der Waals surface area contributed by atoms with Crippen molar-refractivity contribution in [3.05, 3.63) is 0 Å². The maximum absolute atomic E-state index is 5.46. The molecule has 0 aromatic carbocycles. The summed E-state index contributed by atoms with van der Waals surface area (Å²) in [7, 11) is 0. The second-order valence-electron chi connectivity index (χ2n) is 6.32. The summed E-state index contributed by atoms with van der Waals surface area (Å²) in [5, 5.41) is 3.65. The molecule has 17 heavy (non-hydrogen) atoms. The largest absolute Gasteiger partial charge is 0.381 e. The van der Waals surface area contributed by atoms with Crippen LogP contribution in [-0.4, -0.2) is 49.3 Å². The van der Waals surface area contributed by atoms with Crippen LogP contribution in [0.15, 0.2) is 0 Å². The standard InChI is InChI=1S/C14H28N2O/c1-4-13-9-15-14(2,3)11-16(13)7-5-12-6-8-17-10-12/h12-13,15H,4-11H2,1-3H3. The van der Waals surface area contributed by atoms with E-state index in [1.165, 1.54) is 32.4 Å². The summed E-state index contributed by atoms with van der Waals surface area (Å²) in [4.78, 5) is 2.69. The molecule has 2 fully saturated rings. The SMILES string of the molecule is CCC1CNC(C)(C)CN1CCC1CCOC1. The highest BCUT2D eigenvalue weighted by molar-refractivity contribution is 4.91. The predicted molar refractivity (Wildman–Crippen MR) is 71.3 cm³/mol. The molecule has 2 unspecified atom stereocenters. The van der Waals surface area contributed by atoms with E-state index in [0.29, 0.717) is 0 Å². The average Bonchev–Trinajstić information content (AvgIpc) is 2.78. The molecule has 2 heterocycles. The third-order valence-corrected chi connectivity index (χ3v) is 4.25. The number of hydrogen-bond donors (Lipinski definition) is 1. The van der Waals surface area contributed by atoms with Gasteiger partial charge in [-0.3, -0.25) is 4.90 Å². The quantitative estimate of drug-likeness (QED) is 0.812. The molecule has 0 spiro atoms. The van der Waals surface area contributed by atoms with Crippen LogP contribution in [0.4, 0.5) is 0 Å². The predicted octanol–water partition coefficient (Wildman–Crippen LogP) is 1.88. The summed E-state index contributed by atoms with van der Waals surface area (Å²) >= 11 is 0. The van der Waals surface area contributed by atoms with Gasteiger partial charge in [0.15, 0.2) is 0 Å². The van der Waals surface area contributed by atoms with Crippen LogP contribution in [0.5, 0.6) is 0 Å². The van der Waals surface area contributed by atoms with Gasteiger partial charge in [0.05, 0.1) is 0 Å². The van der Waals surface area contributed by atoms with Crippen LogP contribution in [0.2, 0.25) is 0 Å². The molecule has 0 aromatic heterocycles. The Morgan fingerprint density at radius 1 is 1.41 bits per heavy atom.